The maximum Gasteiger partial charge on any atom is 0.0381 e. The fourth-order valence-electron chi connectivity index (χ4n) is 0.938. The second-order valence-electron chi connectivity index (χ2n) is 2.80. The van der Waals surface area contributed by atoms with E-state index in [-0.39, 0.29) is 0 Å². The minimum absolute atomic E-state index is 1.03. The van der Waals surface area contributed by atoms with Crippen LogP contribution >= 0.6 is 11.3 Å². The number of unbranched alkanes of at least 4 members (excludes halogenated alkanes) is 2. The Morgan fingerprint density at radius 2 is 2.33 bits per heavy atom. The molecule has 0 nitrogen and oxygen atoms in total. The molecule has 0 aliphatic rings. The fourth-order valence-corrected chi connectivity index (χ4v) is 1.59. The lowest BCUT2D eigenvalue weighted by Gasteiger charge is -1.85. The molecule has 64 valence electrons. The van der Waals surface area contributed by atoms with E-state index in [1.807, 2.05) is 0 Å². The first-order valence-electron chi connectivity index (χ1n) is 4.37. The topological polar surface area (TPSA) is 0 Å². The molecule has 12 heavy (non-hydrogen) atoms. The summed E-state index contributed by atoms with van der Waals surface area (Å²) in [6, 6.07) is 2.10. The van der Waals surface area contributed by atoms with Crippen LogP contribution in [-0.2, 0) is 0 Å². The molecular weight excluding hydrogens is 164 g/mol. The second kappa shape index (κ2) is 5.00. The van der Waals surface area contributed by atoms with Crippen LogP contribution in [0.5, 0.6) is 0 Å². The summed E-state index contributed by atoms with van der Waals surface area (Å²) in [5.41, 5.74) is 1.20. The van der Waals surface area contributed by atoms with Crippen LogP contribution in [0.25, 0.3) is 0 Å². The SMILES string of the molecule is CCCCC#Cc1ccsc1C. The van der Waals surface area contributed by atoms with Crippen molar-refractivity contribution >= 4 is 11.3 Å². The highest BCUT2D eigenvalue weighted by Gasteiger charge is 1.92. The largest absolute Gasteiger partial charge is 0.148 e. The summed E-state index contributed by atoms with van der Waals surface area (Å²) in [6.07, 6.45) is 3.49. The van der Waals surface area contributed by atoms with Crippen molar-refractivity contribution < 1.29 is 0 Å². The van der Waals surface area contributed by atoms with Crippen LogP contribution in [0.4, 0.5) is 0 Å². The highest BCUT2D eigenvalue weighted by atomic mass is 32.1. The van der Waals surface area contributed by atoms with Crippen LogP contribution in [0, 0.1) is 18.8 Å². The van der Waals surface area contributed by atoms with Gasteiger partial charge >= 0.3 is 0 Å². The Morgan fingerprint density at radius 3 is 2.92 bits per heavy atom. The zero-order chi connectivity index (χ0) is 8.81. The molecule has 0 amide bonds. The third kappa shape index (κ3) is 2.71. The van der Waals surface area contributed by atoms with Crippen molar-refractivity contribution in [2.45, 2.75) is 33.1 Å². The van der Waals surface area contributed by atoms with Crippen molar-refractivity contribution in [2.24, 2.45) is 0 Å². The van der Waals surface area contributed by atoms with Crippen LogP contribution in [0.15, 0.2) is 11.4 Å². The van der Waals surface area contributed by atoms with Gasteiger partial charge in [0.2, 0.25) is 0 Å². The van der Waals surface area contributed by atoms with Crippen molar-refractivity contribution in [1.82, 2.24) is 0 Å². The lowest BCUT2D eigenvalue weighted by Crippen LogP contribution is -1.71. The van der Waals surface area contributed by atoms with Crippen molar-refractivity contribution in [2.75, 3.05) is 0 Å². The smallest absolute Gasteiger partial charge is 0.0381 e. The van der Waals surface area contributed by atoms with Gasteiger partial charge in [0.15, 0.2) is 0 Å². The molecule has 0 aromatic carbocycles. The Hall–Kier alpha value is -0.740. The van der Waals surface area contributed by atoms with Gasteiger partial charge in [0.1, 0.15) is 0 Å². The van der Waals surface area contributed by atoms with E-state index in [1.54, 1.807) is 11.3 Å². The molecule has 0 saturated carbocycles. The summed E-state index contributed by atoms with van der Waals surface area (Å²) < 4.78 is 0. The van der Waals surface area contributed by atoms with Crippen molar-refractivity contribution in [3.8, 4) is 11.8 Å². The van der Waals surface area contributed by atoms with Gasteiger partial charge in [0.25, 0.3) is 0 Å². The lowest BCUT2D eigenvalue weighted by atomic mass is 10.2. The molecule has 0 atom stereocenters. The van der Waals surface area contributed by atoms with E-state index in [2.05, 4.69) is 37.1 Å². The quantitative estimate of drug-likeness (QED) is 0.479. The summed E-state index contributed by atoms with van der Waals surface area (Å²) in [4.78, 5) is 1.33. The molecule has 0 saturated heterocycles. The van der Waals surface area contributed by atoms with Crippen molar-refractivity contribution in [3.63, 3.8) is 0 Å². The summed E-state index contributed by atoms with van der Waals surface area (Å²) in [6.45, 7) is 4.31. The summed E-state index contributed by atoms with van der Waals surface area (Å²) in [5, 5.41) is 2.10. The zero-order valence-electron chi connectivity index (χ0n) is 7.68. The van der Waals surface area contributed by atoms with E-state index in [0.717, 1.165) is 6.42 Å². The average Bonchev–Trinajstić information content (AvgIpc) is 2.46. The number of thiophene rings is 1. The molecule has 1 aromatic heterocycles. The molecule has 0 aliphatic heterocycles. The van der Waals surface area contributed by atoms with Crippen LogP contribution < -0.4 is 0 Å². The van der Waals surface area contributed by atoms with Gasteiger partial charge in [0.05, 0.1) is 0 Å². The molecule has 0 bridgehead atoms. The van der Waals surface area contributed by atoms with Gasteiger partial charge in [-0.15, -0.1) is 11.3 Å². The second-order valence-corrected chi connectivity index (χ2v) is 3.92. The van der Waals surface area contributed by atoms with Gasteiger partial charge in [-0.05, 0) is 24.8 Å². The van der Waals surface area contributed by atoms with Gasteiger partial charge in [-0.3, -0.25) is 0 Å². The minimum Gasteiger partial charge on any atom is -0.148 e. The summed E-state index contributed by atoms with van der Waals surface area (Å²) in [7, 11) is 0. The zero-order valence-corrected chi connectivity index (χ0v) is 8.50. The van der Waals surface area contributed by atoms with Crippen LogP contribution in [0.3, 0.4) is 0 Å². The van der Waals surface area contributed by atoms with Crippen molar-refractivity contribution in [3.05, 3.63) is 21.9 Å². The predicted octanol–water partition coefficient (Wildman–Crippen LogP) is 3.60. The highest BCUT2D eigenvalue weighted by molar-refractivity contribution is 7.10. The predicted molar refractivity (Wildman–Crippen MR) is 55.5 cm³/mol. The van der Waals surface area contributed by atoms with Gasteiger partial charge in [-0.2, -0.15) is 0 Å². The highest BCUT2D eigenvalue weighted by Crippen LogP contribution is 2.13. The minimum atomic E-state index is 1.03. The molecule has 1 heteroatoms. The first-order chi connectivity index (χ1) is 5.84. The number of rotatable bonds is 2. The first-order valence-corrected chi connectivity index (χ1v) is 5.25. The van der Waals surface area contributed by atoms with Gasteiger partial charge < -0.3 is 0 Å². The summed E-state index contributed by atoms with van der Waals surface area (Å²) in [5.74, 6) is 6.37. The van der Waals surface area contributed by atoms with E-state index >= 15 is 0 Å². The van der Waals surface area contributed by atoms with E-state index in [1.165, 1.54) is 23.3 Å². The molecule has 0 radical (unpaired) electrons. The van der Waals surface area contributed by atoms with Gasteiger partial charge in [0, 0.05) is 16.9 Å². The Labute approximate surface area is 78.6 Å². The molecule has 1 heterocycles. The number of hydrogen-bond acceptors (Lipinski definition) is 1. The molecule has 0 unspecified atom stereocenters. The van der Waals surface area contributed by atoms with Crippen LogP contribution in [-0.4, -0.2) is 0 Å². The molecule has 0 aliphatic carbocycles. The van der Waals surface area contributed by atoms with Gasteiger partial charge in [-0.25, -0.2) is 0 Å². The fraction of sp³-hybridized carbons (Fsp3) is 0.455. The Morgan fingerprint density at radius 1 is 1.50 bits per heavy atom. The first kappa shape index (κ1) is 9.35. The van der Waals surface area contributed by atoms with Crippen molar-refractivity contribution in [1.29, 1.82) is 0 Å². The lowest BCUT2D eigenvalue weighted by molar-refractivity contribution is 0.828. The van der Waals surface area contributed by atoms with E-state index < -0.39 is 0 Å². The maximum absolute atomic E-state index is 3.19. The van der Waals surface area contributed by atoms with Crippen LogP contribution in [0.2, 0.25) is 0 Å². The Kier molecular flexibility index (Phi) is 3.90. The molecule has 1 rings (SSSR count). The molecule has 0 fully saturated rings. The van der Waals surface area contributed by atoms with Gasteiger partial charge in [-0.1, -0.05) is 25.2 Å². The average molecular weight is 178 g/mol. The Bertz CT molecular complexity index is 285. The number of aryl methyl sites for hydroxylation is 1. The normalized spacial score (nSPS) is 9.17. The van der Waals surface area contributed by atoms with E-state index in [0.29, 0.717) is 0 Å². The monoisotopic (exact) mass is 178 g/mol. The standard InChI is InChI=1S/C11H14S/c1-3-4-5-6-7-11-8-9-12-10(11)2/h8-9H,3-5H2,1-2H3. The summed E-state index contributed by atoms with van der Waals surface area (Å²) >= 11 is 1.77. The van der Waals surface area contributed by atoms with E-state index in [4.69, 9.17) is 0 Å². The number of hydrogen-bond donors (Lipinski definition) is 0. The molecular formula is C11H14S. The van der Waals surface area contributed by atoms with Crippen LogP contribution in [0.1, 0.15) is 36.6 Å². The molecule has 1 aromatic rings. The Balaban J connectivity index is 2.49. The molecule has 0 spiro atoms. The third-order valence-electron chi connectivity index (χ3n) is 1.74. The molecule has 0 N–H and O–H groups in total. The van der Waals surface area contributed by atoms with E-state index in [9.17, 15) is 0 Å². The third-order valence-corrected chi connectivity index (χ3v) is 2.58. The maximum atomic E-state index is 3.19.